The topological polar surface area (TPSA) is 68.1 Å². The van der Waals surface area contributed by atoms with Crippen molar-refractivity contribution in [2.75, 3.05) is 11.9 Å². The number of anilines is 1. The van der Waals surface area contributed by atoms with Crippen LogP contribution in [0, 0.1) is 15.9 Å². The Bertz CT molecular complexity index is 545. The highest BCUT2D eigenvalue weighted by molar-refractivity contribution is 7.09. The molecule has 1 N–H and O–H groups in total. The van der Waals surface area contributed by atoms with Crippen LogP contribution in [0.1, 0.15) is 5.01 Å². The largest absolute Gasteiger partial charge is 0.379 e. The molecule has 2 rings (SSSR count). The smallest absolute Gasteiger partial charge is 0.292 e. The average Bonchev–Trinajstić information content (AvgIpc) is 2.82. The number of nitro benzene ring substituents is 1. The number of thiazole rings is 1. The van der Waals surface area contributed by atoms with Gasteiger partial charge >= 0.3 is 0 Å². The van der Waals surface area contributed by atoms with Crippen LogP contribution in [0.5, 0.6) is 0 Å². The Labute approximate surface area is 106 Å². The molecule has 0 fully saturated rings. The fourth-order valence-electron chi connectivity index (χ4n) is 1.49. The second-order valence-corrected chi connectivity index (χ2v) is 4.50. The lowest BCUT2D eigenvalue weighted by Crippen LogP contribution is -2.07. The maximum atomic E-state index is 13.0. The third-order valence-corrected chi connectivity index (χ3v) is 3.13. The molecule has 0 spiro atoms. The van der Waals surface area contributed by atoms with Gasteiger partial charge in [-0.2, -0.15) is 0 Å². The van der Waals surface area contributed by atoms with E-state index in [0.717, 1.165) is 23.2 Å². The molecule has 0 radical (unpaired) electrons. The van der Waals surface area contributed by atoms with Gasteiger partial charge in [-0.15, -0.1) is 11.3 Å². The standard InChI is InChI=1S/C11H10FN3O2S/c12-8-1-2-10(15(16)17)9(7-8)13-4-3-11-14-5-6-18-11/h1-2,5-7,13H,3-4H2. The second-order valence-electron chi connectivity index (χ2n) is 3.52. The van der Waals surface area contributed by atoms with Crippen LogP contribution < -0.4 is 5.32 Å². The van der Waals surface area contributed by atoms with Gasteiger partial charge in [0.1, 0.15) is 11.5 Å². The minimum absolute atomic E-state index is 0.129. The molecule has 0 saturated carbocycles. The number of nitro groups is 1. The molecule has 0 unspecified atom stereocenters. The maximum Gasteiger partial charge on any atom is 0.292 e. The molecule has 18 heavy (non-hydrogen) atoms. The molecular formula is C11H10FN3O2S. The Balaban J connectivity index is 2.03. The molecule has 7 heteroatoms. The Hall–Kier alpha value is -2.02. The molecule has 0 saturated heterocycles. The van der Waals surface area contributed by atoms with Crippen molar-refractivity contribution in [2.45, 2.75) is 6.42 Å². The fraction of sp³-hybridized carbons (Fsp3) is 0.182. The summed E-state index contributed by atoms with van der Waals surface area (Å²) in [5.74, 6) is -0.502. The summed E-state index contributed by atoms with van der Waals surface area (Å²) >= 11 is 1.51. The summed E-state index contributed by atoms with van der Waals surface area (Å²) in [5, 5.41) is 16.4. The van der Waals surface area contributed by atoms with Gasteiger partial charge in [0.25, 0.3) is 5.69 Å². The van der Waals surface area contributed by atoms with Crippen molar-refractivity contribution < 1.29 is 9.31 Å². The van der Waals surface area contributed by atoms with Crippen molar-refractivity contribution in [3.8, 4) is 0 Å². The van der Waals surface area contributed by atoms with Crippen LogP contribution in [0.2, 0.25) is 0 Å². The maximum absolute atomic E-state index is 13.0. The fourth-order valence-corrected chi connectivity index (χ4v) is 2.11. The zero-order chi connectivity index (χ0) is 13.0. The summed E-state index contributed by atoms with van der Waals surface area (Å²) in [4.78, 5) is 14.3. The lowest BCUT2D eigenvalue weighted by molar-refractivity contribution is -0.384. The van der Waals surface area contributed by atoms with E-state index in [-0.39, 0.29) is 11.4 Å². The highest BCUT2D eigenvalue weighted by Crippen LogP contribution is 2.24. The molecular weight excluding hydrogens is 257 g/mol. The monoisotopic (exact) mass is 267 g/mol. The molecule has 0 aliphatic heterocycles. The number of rotatable bonds is 5. The van der Waals surface area contributed by atoms with Gasteiger partial charge in [-0.25, -0.2) is 9.37 Å². The van der Waals surface area contributed by atoms with Crippen LogP contribution in [-0.2, 0) is 6.42 Å². The predicted octanol–water partition coefficient (Wildman–Crippen LogP) is 2.85. The van der Waals surface area contributed by atoms with Crippen LogP contribution in [0.25, 0.3) is 0 Å². The zero-order valence-corrected chi connectivity index (χ0v) is 10.1. The summed E-state index contributed by atoms with van der Waals surface area (Å²) in [6.45, 7) is 0.470. The number of aromatic nitrogens is 1. The lowest BCUT2D eigenvalue weighted by Gasteiger charge is -2.05. The normalized spacial score (nSPS) is 10.3. The number of nitrogens with zero attached hydrogens (tertiary/aromatic N) is 2. The van der Waals surface area contributed by atoms with Crippen molar-refractivity contribution in [1.29, 1.82) is 0 Å². The van der Waals surface area contributed by atoms with Gasteiger partial charge in [-0.1, -0.05) is 0 Å². The molecule has 0 atom stereocenters. The summed E-state index contributed by atoms with van der Waals surface area (Å²) < 4.78 is 13.0. The van der Waals surface area contributed by atoms with Crippen molar-refractivity contribution in [3.05, 3.63) is 50.7 Å². The molecule has 1 aromatic carbocycles. The quantitative estimate of drug-likeness (QED) is 0.668. The zero-order valence-electron chi connectivity index (χ0n) is 9.30. The van der Waals surface area contributed by atoms with E-state index >= 15 is 0 Å². The minimum Gasteiger partial charge on any atom is -0.379 e. The first-order valence-corrected chi connectivity index (χ1v) is 6.11. The minimum atomic E-state index is -0.537. The van der Waals surface area contributed by atoms with E-state index in [9.17, 15) is 14.5 Å². The van der Waals surface area contributed by atoms with Crippen molar-refractivity contribution >= 4 is 22.7 Å². The van der Waals surface area contributed by atoms with Crippen molar-refractivity contribution in [3.63, 3.8) is 0 Å². The molecule has 94 valence electrons. The van der Waals surface area contributed by atoms with Crippen LogP contribution in [-0.4, -0.2) is 16.5 Å². The summed E-state index contributed by atoms with van der Waals surface area (Å²) in [7, 11) is 0. The van der Waals surface area contributed by atoms with E-state index < -0.39 is 10.7 Å². The van der Waals surface area contributed by atoms with Gasteiger partial charge in [-0.3, -0.25) is 10.1 Å². The van der Waals surface area contributed by atoms with Crippen LogP contribution in [0.3, 0.4) is 0 Å². The Morgan fingerprint density at radius 1 is 1.50 bits per heavy atom. The average molecular weight is 267 g/mol. The van der Waals surface area contributed by atoms with Crippen LogP contribution in [0.15, 0.2) is 29.8 Å². The number of hydrogen-bond donors (Lipinski definition) is 1. The first-order valence-electron chi connectivity index (χ1n) is 5.23. The third kappa shape index (κ3) is 3.01. The molecule has 1 aromatic heterocycles. The Morgan fingerprint density at radius 2 is 2.33 bits per heavy atom. The predicted molar refractivity (Wildman–Crippen MR) is 67.4 cm³/mol. The van der Waals surface area contributed by atoms with Crippen LogP contribution >= 0.6 is 11.3 Å². The summed E-state index contributed by atoms with van der Waals surface area (Å²) in [6, 6.07) is 3.35. The SMILES string of the molecule is O=[N+]([O-])c1ccc(F)cc1NCCc1nccs1. The van der Waals surface area contributed by atoms with E-state index in [4.69, 9.17) is 0 Å². The Morgan fingerprint density at radius 3 is 3.00 bits per heavy atom. The summed E-state index contributed by atoms with van der Waals surface area (Å²) in [6.07, 6.45) is 2.34. The number of benzene rings is 1. The highest BCUT2D eigenvalue weighted by Gasteiger charge is 2.13. The van der Waals surface area contributed by atoms with Crippen molar-refractivity contribution in [2.24, 2.45) is 0 Å². The van der Waals surface area contributed by atoms with E-state index in [2.05, 4.69) is 10.3 Å². The van der Waals surface area contributed by atoms with Gasteiger partial charge in [0.2, 0.25) is 0 Å². The van der Waals surface area contributed by atoms with Crippen LogP contribution in [0.4, 0.5) is 15.8 Å². The molecule has 0 aliphatic carbocycles. The number of halogens is 1. The first kappa shape index (κ1) is 12.4. The van der Waals surface area contributed by atoms with Gasteiger partial charge in [0, 0.05) is 36.7 Å². The van der Waals surface area contributed by atoms with Gasteiger partial charge in [0.05, 0.1) is 9.93 Å². The van der Waals surface area contributed by atoms with Gasteiger partial charge in [-0.05, 0) is 6.07 Å². The number of nitrogens with one attached hydrogen (secondary N) is 1. The summed E-state index contributed by atoms with van der Waals surface area (Å²) in [5.41, 5.74) is 0.0621. The third-order valence-electron chi connectivity index (χ3n) is 2.29. The van der Waals surface area contributed by atoms with E-state index in [1.54, 1.807) is 6.20 Å². The number of hydrogen-bond acceptors (Lipinski definition) is 5. The molecule has 0 bridgehead atoms. The van der Waals surface area contributed by atoms with Gasteiger partial charge < -0.3 is 5.32 Å². The molecule has 0 aliphatic rings. The Kier molecular flexibility index (Phi) is 3.83. The lowest BCUT2D eigenvalue weighted by atomic mass is 10.2. The van der Waals surface area contributed by atoms with Crippen molar-refractivity contribution in [1.82, 2.24) is 4.98 Å². The second kappa shape index (κ2) is 5.54. The van der Waals surface area contributed by atoms with Gasteiger partial charge in [0.15, 0.2) is 0 Å². The molecule has 0 amide bonds. The highest BCUT2D eigenvalue weighted by atomic mass is 32.1. The molecule has 1 heterocycles. The van der Waals surface area contributed by atoms with E-state index in [1.165, 1.54) is 11.3 Å². The molecule has 5 nitrogen and oxygen atoms in total. The first-order chi connectivity index (χ1) is 8.66. The molecule has 2 aromatic rings. The van der Waals surface area contributed by atoms with E-state index in [0.29, 0.717) is 13.0 Å². The van der Waals surface area contributed by atoms with E-state index in [1.807, 2.05) is 5.38 Å².